The van der Waals surface area contributed by atoms with Crippen LogP contribution >= 0.6 is 27.7 Å². The zero-order valence-electron chi connectivity index (χ0n) is 8.87. The third-order valence-corrected chi connectivity index (χ3v) is 3.74. The summed E-state index contributed by atoms with van der Waals surface area (Å²) in [5.41, 5.74) is 1.14. The Labute approximate surface area is 108 Å². The minimum absolute atomic E-state index is 0.686. The molecule has 84 valence electrons. The molecule has 0 unspecified atom stereocenters. The van der Waals surface area contributed by atoms with E-state index < -0.39 is 0 Å². The molecule has 0 radical (unpaired) electrons. The molecule has 0 atom stereocenters. The number of furan rings is 1. The molecule has 1 aromatic carbocycles. The normalized spacial score (nSPS) is 10.4. The Morgan fingerprint density at radius 2 is 2.12 bits per heavy atom. The van der Waals surface area contributed by atoms with Gasteiger partial charge in [-0.1, -0.05) is 12.1 Å². The van der Waals surface area contributed by atoms with Gasteiger partial charge in [-0.3, -0.25) is 0 Å². The zero-order valence-corrected chi connectivity index (χ0v) is 11.3. The molecule has 0 aliphatic carbocycles. The average molecular weight is 298 g/mol. The van der Waals surface area contributed by atoms with Gasteiger partial charge in [-0.2, -0.15) is 0 Å². The lowest BCUT2D eigenvalue weighted by Crippen LogP contribution is -1.99. The first-order chi connectivity index (χ1) is 7.81. The molecule has 0 amide bonds. The third kappa shape index (κ3) is 2.62. The second-order valence-corrected chi connectivity index (χ2v) is 4.95. The molecule has 1 aromatic heterocycles. The lowest BCUT2D eigenvalue weighted by atomic mass is 10.3. The second-order valence-electron chi connectivity index (χ2n) is 3.25. The van der Waals surface area contributed by atoms with Crippen LogP contribution in [-0.4, -0.2) is 6.26 Å². The molecule has 0 aliphatic heterocycles. The highest BCUT2D eigenvalue weighted by atomic mass is 79.9. The van der Waals surface area contributed by atoms with Crippen molar-refractivity contribution in [3.8, 4) is 0 Å². The second kappa shape index (κ2) is 5.46. The molecule has 0 saturated heterocycles. The molecular formula is C12H12BrNOS. The van der Waals surface area contributed by atoms with Crippen molar-refractivity contribution >= 4 is 33.4 Å². The summed E-state index contributed by atoms with van der Waals surface area (Å²) in [6, 6.07) is 10.1. The van der Waals surface area contributed by atoms with E-state index in [0.29, 0.717) is 6.54 Å². The van der Waals surface area contributed by atoms with Gasteiger partial charge in [-0.05, 0) is 40.4 Å². The lowest BCUT2D eigenvalue weighted by Gasteiger charge is -2.08. The Morgan fingerprint density at radius 1 is 1.31 bits per heavy atom. The number of rotatable bonds is 4. The molecule has 16 heavy (non-hydrogen) atoms. The number of hydrogen-bond acceptors (Lipinski definition) is 3. The Bertz CT molecular complexity index is 470. The molecular weight excluding hydrogens is 286 g/mol. The summed E-state index contributed by atoms with van der Waals surface area (Å²) in [6.07, 6.45) is 3.75. The zero-order chi connectivity index (χ0) is 11.4. The van der Waals surface area contributed by atoms with Crippen molar-refractivity contribution in [3.05, 3.63) is 46.8 Å². The van der Waals surface area contributed by atoms with Crippen molar-refractivity contribution in [2.24, 2.45) is 0 Å². The van der Waals surface area contributed by atoms with E-state index in [0.717, 1.165) is 15.9 Å². The van der Waals surface area contributed by atoms with E-state index in [1.807, 2.05) is 18.2 Å². The van der Waals surface area contributed by atoms with Crippen molar-refractivity contribution in [1.82, 2.24) is 0 Å². The summed E-state index contributed by atoms with van der Waals surface area (Å²) in [7, 11) is 0. The number of nitrogens with one attached hydrogen (secondary N) is 1. The standard InChI is InChI=1S/C12H12BrNOS/c1-16-12-5-3-2-4-10(12)14-8-11-9(13)6-7-15-11/h2-7,14H,8H2,1H3. The van der Waals surface area contributed by atoms with Gasteiger partial charge in [0.25, 0.3) is 0 Å². The predicted octanol–water partition coefficient (Wildman–Crippen LogP) is 4.38. The van der Waals surface area contributed by atoms with Crippen molar-refractivity contribution in [2.45, 2.75) is 11.4 Å². The molecule has 2 rings (SSSR count). The fraction of sp³-hybridized carbons (Fsp3) is 0.167. The smallest absolute Gasteiger partial charge is 0.136 e. The fourth-order valence-electron chi connectivity index (χ4n) is 1.42. The van der Waals surface area contributed by atoms with Crippen molar-refractivity contribution < 1.29 is 4.42 Å². The quantitative estimate of drug-likeness (QED) is 0.848. The summed E-state index contributed by atoms with van der Waals surface area (Å²) < 4.78 is 6.34. The molecule has 2 aromatic rings. The van der Waals surface area contributed by atoms with E-state index in [1.165, 1.54) is 4.90 Å². The highest BCUT2D eigenvalue weighted by Crippen LogP contribution is 2.26. The predicted molar refractivity (Wildman–Crippen MR) is 72.0 cm³/mol. The highest BCUT2D eigenvalue weighted by Gasteiger charge is 2.04. The van der Waals surface area contributed by atoms with Crippen molar-refractivity contribution in [1.29, 1.82) is 0 Å². The first-order valence-corrected chi connectivity index (χ1v) is 6.92. The van der Waals surface area contributed by atoms with Crippen LogP contribution in [0.15, 0.2) is 50.4 Å². The summed E-state index contributed by atoms with van der Waals surface area (Å²) in [6.45, 7) is 0.686. The minimum Gasteiger partial charge on any atom is -0.466 e. The van der Waals surface area contributed by atoms with Gasteiger partial charge < -0.3 is 9.73 Å². The summed E-state index contributed by atoms with van der Waals surface area (Å²) in [5.74, 6) is 0.913. The molecule has 0 bridgehead atoms. The van der Waals surface area contributed by atoms with Crippen LogP contribution in [0.3, 0.4) is 0 Å². The molecule has 0 spiro atoms. The largest absolute Gasteiger partial charge is 0.466 e. The van der Waals surface area contributed by atoms with Crippen LogP contribution in [0.4, 0.5) is 5.69 Å². The minimum atomic E-state index is 0.686. The van der Waals surface area contributed by atoms with Crippen LogP contribution in [0.25, 0.3) is 0 Å². The van der Waals surface area contributed by atoms with Gasteiger partial charge in [0.2, 0.25) is 0 Å². The summed E-state index contributed by atoms with van der Waals surface area (Å²) in [4.78, 5) is 1.24. The van der Waals surface area contributed by atoms with Crippen molar-refractivity contribution in [2.75, 3.05) is 11.6 Å². The third-order valence-electron chi connectivity index (χ3n) is 2.24. The maximum atomic E-state index is 5.34. The number of para-hydroxylation sites is 1. The van der Waals surface area contributed by atoms with E-state index in [4.69, 9.17) is 4.42 Å². The molecule has 2 nitrogen and oxygen atoms in total. The van der Waals surface area contributed by atoms with E-state index in [-0.39, 0.29) is 0 Å². The van der Waals surface area contributed by atoms with Gasteiger partial charge in [0, 0.05) is 10.6 Å². The maximum Gasteiger partial charge on any atom is 0.136 e. The molecule has 4 heteroatoms. The van der Waals surface area contributed by atoms with Gasteiger partial charge in [-0.25, -0.2) is 0 Å². The van der Waals surface area contributed by atoms with Gasteiger partial charge in [0.15, 0.2) is 0 Å². The first-order valence-electron chi connectivity index (χ1n) is 4.90. The van der Waals surface area contributed by atoms with Crippen LogP contribution in [0, 0.1) is 0 Å². The number of thioether (sulfide) groups is 1. The SMILES string of the molecule is CSc1ccccc1NCc1occc1Br. The van der Waals surface area contributed by atoms with E-state index in [1.54, 1.807) is 18.0 Å². The number of halogens is 1. The highest BCUT2D eigenvalue weighted by molar-refractivity contribution is 9.10. The van der Waals surface area contributed by atoms with E-state index in [2.05, 4.69) is 39.6 Å². The van der Waals surface area contributed by atoms with Crippen molar-refractivity contribution in [3.63, 3.8) is 0 Å². The topological polar surface area (TPSA) is 25.2 Å². The number of benzene rings is 1. The average Bonchev–Trinajstić information content (AvgIpc) is 2.72. The molecule has 1 heterocycles. The summed E-state index contributed by atoms with van der Waals surface area (Å²) in [5, 5.41) is 3.36. The Hall–Kier alpha value is -0.870. The lowest BCUT2D eigenvalue weighted by molar-refractivity contribution is 0.516. The number of hydrogen-bond donors (Lipinski definition) is 1. The molecule has 0 fully saturated rings. The summed E-state index contributed by atoms with van der Waals surface area (Å²) >= 11 is 5.17. The fourth-order valence-corrected chi connectivity index (χ4v) is 2.33. The molecule has 1 N–H and O–H groups in total. The van der Waals surface area contributed by atoms with Crippen LogP contribution < -0.4 is 5.32 Å². The Morgan fingerprint density at radius 3 is 2.81 bits per heavy atom. The van der Waals surface area contributed by atoms with Crippen LogP contribution in [0.1, 0.15) is 5.76 Å². The van der Waals surface area contributed by atoms with Gasteiger partial charge >= 0.3 is 0 Å². The Balaban J connectivity index is 2.07. The maximum absolute atomic E-state index is 5.34. The Kier molecular flexibility index (Phi) is 3.96. The van der Waals surface area contributed by atoms with Crippen LogP contribution in [0.2, 0.25) is 0 Å². The van der Waals surface area contributed by atoms with E-state index in [9.17, 15) is 0 Å². The number of anilines is 1. The first kappa shape index (κ1) is 11.6. The van der Waals surface area contributed by atoms with Crippen LogP contribution in [-0.2, 0) is 6.54 Å². The van der Waals surface area contributed by atoms with Gasteiger partial charge in [0.1, 0.15) is 5.76 Å². The molecule has 0 aliphatic rings. The monoisotopic (exact) mass is 297 g/mol. The molecule has 0 saturated carbocycles. The van der Waals surface area contributed by atoms with E-state index >= 15 is 0 Å². The van der Waals surface area contributed by atoms with Crippen LogP contribution in [0.5, 0.6) is 0 Å². The van der Waals surface area contributed by atoms with Gasteiger partial charge in [-0.15, -0.1) is 11.8 Å². The van der Waals surface area contributed by atoms with Gasteiger partial charge in [0.05, 0.1) is 17.3 Å².